The van der Waals surface area contributed by atoms with Crippen LogP contribution in [0.5, 0.6) is 0 Å². The van der Waals surface area contributed by atoms with Crippen molar-refractivity contribution in [1.82, 2.24) is 4.90 Å². The molecule has 138 valence electrons. The molecule has 24 heavy (non-hydrogen) atoms. The van der Waals surface area contributed by atoms with Crippen LogP contribution < -0.4 is 0 Å². The monoisotopic (exact) mass is 337 g/mol. The second-order valence-corrected chi connectivity index (χ2v) is 7.72. The Hall–Kier alpha value is -1.06. The predicted octanol–water partition coefficient (Wildman–Crippen LogP) is 4.76. The molecule has 0 heterocycles. The van der Waals surface area contributed by atoms with E-state index in [4.69, 9.17) is 0 Å². The second-order valence-electron chi connectivity index (χ2n) is 7.72. The van der Waals surface area contributed by atoms with E-state index < -0.39 is 11.9 Å². The van der Waals surface area contributed by atoms with Gasteiger partial charge in [-0.2, -0.15) is 0 Å². The lowest BCUT2D eigenvalue weighted by Gasteiger charge is -2.43. The first-order valence-corrected chi connectivity index (χ1v) is 10.2. The maximum atomic E-state index is 13.2. The van der Waals surface area contributed by atoms with Crippen LogP contribution in [0.4, 0.5) is 0 Å². The van der Waals surface area contributed by atoms with Crippen LogP contribution in [0.2, 0.25) is 0 Å². The number of amides is 1. The Labute approximate surface area is 147 Å². The number of hydrogen-bond donors (Lipinski definition) is 1. The van der Waals surface area contributed by atoms with Crippen LogP contribution in [0, 0.1) is 5.92 Å². The van der Waals surface area contributed by atoms with Crippen molar-refractivity contribution in [2.24, 2.45) is 5.92 Å². The fraction of sp³-hybridized carbons (Fsp3) is 0.900. The zero-order valence-electron chi connectivity index (χ0n) is 15.3. The largest absolute Gasteiger partial charge is 0.481 e. The zero-order chi connectivity index (χ0) is 17.4. The highest BCUT2D eigenvalue weighted by atomic mass is 16.4. The van der Waals surface area contributed by atoms with Gasteiger partial charge in [-0.1, -0.05) is 64.7 Å². The molecule has 2 aliphatic rings. The Kier molecular flexibility index (Phi) is 8.07. The van der Waals surface area contributed by atoms with E-state index in [9.17, 15) is 14.7 Å². The highest BCUT2D eigenvalue weighted by Gasteiger charge is 2.38. The molecule has 2 aliphatic carbocycles. The summed E-state index contributed by atoms with van der Waals surface area (Å²) >= 11 is 0. The lowest BCUT2D eigenvalue weighted by Crippen LogP contribution is -2.52. The summed E-state index contributed by atoms with van der Waals surface area (Å²) in [7, 11) is 0. The van der Waals surface area contributed by atoms with Gasteiger partial charge in [0.05, 0.1) is 0 Å². The van der Waals surface area contributed by atoms with Gasteiger partial charge in [0.1, 0.15) is 5.92 Å². The first kappa shape index (κ1) is 19.3. The molecule has 2 fully saturated rings. The van der Waals surface area contributed by atoms with Crippen molar-refractivity contribution in [2.75, 3.05) is 0 Å². The average Bonchev–Trinajstić information content (AvgIpc) is 2.60. The van der Waals surface area contributed by atoms with Crippen molar-refractivity contribution in [3.05, 3.63) is 0 Å². The van der Waals surface area contributed by atoms with Gasteiger partial charge >= 0.3 is 5.97 Å². The topological polar surface area (TPSA) is 57.6 Å². The van der Waals surface area contributed by atoms with Crippen molar-refractivity contribution >= 4 is 11.9 Å². The molecule has 1 unspecified atom stereocenters. The van der Waals surface area contributed by atoms with E-state index in [1.165, 1.54) is 38.5 Å². The van der Waals surface area contributed by atoms with Crippen LogP contribution in [0.25, 0.3) is 0 Å². The van der Waals surface area contributed by atoms with Gasteiger partial charge in [-0.05, 0) is 32.1 Å². The molecule has 0 bridgehead atoms. The number of nitrogens with zero attached hydrogens (tertiary/aromatic N) is 1. The smallest absolute Gasteiger partial charge is 0.316 e. The Bertz CT molecular complexity index is 380. The molecule has 4 heteroatoms. The number of carboxylic acid groups (broad SMARTS) is 1. The number of rotatable bonds is 8. The number of carbonyl (C=O) groups is 2. The van der Waals surface area contributed by atoms with E-state index >= 15 is 0 Å². The molecule has 0 radical (unpaired) electrons. The normalized spacial score (nSPS) is 21.4. The molecular weight excluding hydrogens is 302 g/mol. The van der Waals surface area contributed by atoms with Crippen molar-refractivity contribution in [2.45, 2.75) is 109 Å². The first-order chi connectivity index (χ1) is 11.6. The van der Waals surface area contributed by atoms with Gasteiger partial charge < -0.3 is 10.0 Å². The van der Waals surface area contributed by atoms with Crippen molar-refractivity contribution in [1.29, 1.82) is 0 Å². The summed E-state index contributed by atoms with van der Waals surface area (Å²) in [6.07, 6.45) is 14.8. The van der Waals surface area contributed by atoms with Crippen LogP contribution in [0.15, 0.2) is 0 Å². The quantitative estimate of drug-likeness (QED) is 0.513. The molecule has 0 aromatic carbocycles. The maximum absolute atomic E-state index is 13.2. The zero-order valence-corrected chi connectivity index (χ0v) is 15.3. The SMILES string of the molecule is CCCCCC(C(=O)O)C(=O)N(C1CCCCC1)C1CCCCC1. The van der Waals surface area contributed by atoms with E-state index in [1.807, 2.05) is 0 Å². The summed E-state index contributed by atoms with van der Waals surface area (Å²) < 4.78 is 0. The Morgan fingerprint density at radius 3 is 1.83 bits per heavy atom. The van der Waals surface area contributed by atoms with Gasteiger partial charge in [-0.25, -0.2) is 0 Å². The Morgan fingerprint density at radius 1 is 0.917 bits per heavy atom. The van der Waals surface area contributed by atoms with Crippen LogP contribution in [0.3, 0.4) is 0 Å². The van der Waals surface area contributed by atoms with Crippen molar-refractivity contribution in [3.8, 4) is 0 Å². The van der Waals surface area contributed by atoms with Gasteiger partial charge in [-0.3, -0.25) is 9.59 Å². The third-order valence-corrected chi connectivity index (χ3v) is 5.88. The van der Waals surface area contributed by atoms with Crippen LogP contribution in [0.1, 0.15) is 96.8 Å². The first-order valence-electron chi connectivity index (χ1n) is 10.2. The van der Waals surface area contributed by atoms with Gasteiger partial charge in [0.25, 0.3) is 0 Å². The molecular formula is C20H35NO3. The molecule has 0 aromatic heterocycles. The summed E-state index contributed by atoms with van der Waals surface area (Å²) in [6.45, 7) is 2.11. The highest BCUT2D eigenvalue weighted by Crippen LogP contribution is 2.32. The third kappa shape index (κ3) is 5.22. The van der Waals surface area contributed by atoms with Crippen LogP contribution in [-0.4, -0.2) is 34.0 Å². The summed E-state index contributed by atoms with van der Waals surface area (Å²) in [4.78, 5) is 27.0. The summed E-state index contributed by atoms with van der Waals surface area (Å²) in [5.74, 6) is -1.84. The molecule has 0 aromatic rings. The number of carbonyl (C=O) groups excluding carboxylic acids is 1. The van der Waals surface area contributed by atoms with Crippen molar-refractivity contribution in [3.63, 3.8) is 0 Å². The second kappa shape index (κ2) is 10.0. The minimum absolute atomic E-state index is 0.0857. The lowest BCUT2D eigenvalue weighted by molar-refractivity contribution is -0.155. The van der Waals surface area contributed by atoms with Gasteiger partial charge in [-0.15, -0.1) is 0 Å². The van der Waals surface area contributed by atoms with E-state index in [2.05, 4.69) is 11.8 Å². The third-order valence-electron chi connectivity index (χ3n) is 5.88. The van der Waals surface area contributed by atoms with E-state index in [-0.39, 0.29) is 18.0 Å². The number of carboxylic acids is 1. The minimum Gasteiger partial charge on any atom is -0.481 e. The number of aliphatic carboxylic acids is 1. The number of unbranched alkanes of at least 4 members (excludes halogenated alkanes) is 2. The molecule has 2 saturated carbocycles. The molecule has 0 spiro atoms. The van der Waals surface area contributed by atoms with Gasteiger partial charge in [0.2, 0.25) is 5.91 Å². The van der Waals surface area contributed by atoms with Gasteiger partial charge in [0, 0.05) is 12.1 Å². The molecule has 1 atom stereocenters. The van der Waals surface area contributed by atoms with Gasteiger partial charge in [0.15, 0.2) is 0 Å². The molecule has 0 aliphatic heterocycles. The molecule has 2 rings (SSSR count). The minimum atomic E-state index is -0.923. The van der Waals surface area contributed by atoms with E-state index in [0.717, 1.165) is 44.9 Å². The number of hydrogen-bond acceptors (Lipinski definition) is 2. The average molecular weight is 338 g/mol. The fourth-order valence-corrected chi connectivity index (χ4v) is 4.51. The molecule has 0 saturated heterocycles. The maximum Gasteiger partial charge on any atom is 0.316 e. The highest BCUT2D eigenvalue weighted by molar-refractivity contribution is 5.97. The standard InChI is InChI=1S/C20H35NO3/c1-2-3-6-15-18(20(23)24)19(22)21(16-11-7-4-8-12-16)17-13-9-5-10-14-17/h16-18H,2-15H2,1H3,(H,23,24). The van der Waals surface area contributed by atoms with E-state index in [0.29, 0.717) is 6.42 Å². The van der Waals surface area contributed by atoms with Crippen LogP contribution in [-0.2, 0) is 9.59 Å². The Balaban J connectivity index is 2.12. The van der Waals surface area contributed by atoms with E-state index in [1.54, 1.807) is 0 Å². The summed E-state index contributed by atoms with van der Waals surface area (Å²) in [5.41, 5.74) is 0. The molecule has 1 N–H and O–H groups in total. The molecule has 4 nitrogen and oxygen atoms in total. The van der Waals surface area contributed by atoms with Crippen molar-refractivity contribution < 1.29 is 14.7 Å². The summed E-state index contributed by atoms with van der Waals surface area (Å²) in [6, 6.07) is 0.560. The van der Waals surface area contributed by atoms with Crippen LogP contribution >= 0.6 is 0 Å². The fourth-order valence-electron chi connectivity index (χ4n) is 4.51. The Morgan fingerprint density at radius 2 is 1.42 bits per heavy atom. The predicted molar refractivity (Wildman–Crippen MR) is 95.9 cm³/mol. The summed E-state index contributed by atoms with van der Waals surface area (Å²) in [5, 5.41) is 9.64. The lowest BCUT2D eigenvalue weighted by atomic mass is 9.87. The molecule has 1 amide bonds.